The van der Waals surface area contributed by atoms with Crippen LogP contribution in [0.4, 0.5) is 0 Å². The van der Waals surface area contributed by atoms with Crippen molar-refractivity contribution < 1.29 is 4.79 Å². The SMILES string of the molecule is C/C(=N\NC(=O)/C=C/c1ccc(C(C)(C)C)cc1)c1ccc(-c2ccccc2)cc1. The van der Waals surface area contributed by atoms with Crippen molar-refractivity contribution in [2.75, 3.05) is 0 Å². The van der Waals surface area contributed by atoms with Gasteiger partial charge in [0.15, 0.2) is 0 Å². The largest absolute Gasteiger partial charge is 0.268 e. The molecule has 0 aliphatic heterocycles. The van der Waals surface area contributed by atoms with Crippen LogP contribution in [-0.4, -0.2) is 11.6 Å². The van der Waals surface area contributed by atoms with Gasteiger partial charge < -0.3 is 0 Å². The van der Waals surface area contributed by atoms with Crippen molar-refractivity contribution in [3.05, 3.63) is 102 Å². The molecule has 0 aliphatic rings. The Morgan fingerprint density at radius 2 is 1.43 bits per heavy atom. The van der Waals surface area contributed by atoms with E-state index in [2.05, 4.69) is 67.7 Å². The third-order valence-electron chi connectivity index (χ3n) is 4.95. The molecule has 3 nitrogen and oxygen atoms in total. The highest BCUT2D eigenvalue weighted by atomic mass is 16.2. The Labute approximate surface area is 179 Å². The van der Waals surface area contributed by atoms with Crippen molar-refractivity contribution in [2.24, 2.45) is 5.10 Å². The zero-order chi connectivity index (χ0) is 21.6. The highest BCUT2D eigenvalue weighted by Gasteiger charge is 2.12. The first-order valence-corrected chi connectivity index (χ1v) is 10.1. The average Bonchev–Trinajstić information content (AvgIpc) is 2.76. The average molecular weight is 397 g/mol. The number of carbonyl (C=O) groups is 1. The van der Waals surface area contributed by atoms with E-state index >= 15 is 0 Å². The van der Waals surface area contributed by atoms with Gasteiger partial charge in [-0.1, -0.05) is 99.6 Å². The van der Waals surface area contributed by atoms with Crippen molar-refractivity contribution in [1.82, 2.24) is 5.43 Å². The Balaban J connectivity index is 1.59. The van der Waals surface area contributed by atoms with E-state index in [0.717, 1.165) is 22.4 Å². The van der Waals surface area contributed by atoms with Crippen molar-refractivity contribution in [3.63, 3.8) is 0 Å². The van der Waals surface area contributed by atoms with E-state index in [1.54, 1.807) is 6.08 Å². The summed E-state index contributed by atoms with van der Waals surface area (Å²) in [4.78, 5) is 12.1. The molecule has 3 rings (SSSR count). The van der Waals surface area contributed by atoms with Gasteiger partial charge in [-0.05, 0) is 46.2 Å². The van der Waals surface area contributed by atoms with Crippen molar-refractivity contribution in [1.29, 1.82) is 0 Å². The van der Waals surface area contributed by atoms with Gasteiger partial charge in [0.05, 0.1) is 5.71 Å². The molecule has 0 radical (unpaired) electrons. The standard InChI is InChI=1S/C27H28N2O/c1-20(22-13-15-24(16-14-22)23-8-6-5-7-9-23)28-29-26(30)19-12-21-10-17-25(18-11-21)27(2,3)4/h5-19H,1-4H3,(H,29,30)/b19-12+,28-20+. The number of benzene rings is 3. The number of amides is 1. The van der Waals surface area contributed by atoms with E-state index in [1.165, 1.54) is 17.2 Å². The topological polar surface area (TPSA) is 41.5 Å². The van der Waals surface area contributed by atoms with E-state index in [1.807, 2.05) is 49.4 Å². The Kier molecular flexibility index (Phi) is 6.63. The number of nitrogens with one attached hydrogen (secondary N) is 1. The second-order valence-electron chi connectivity index (χ2n) is 8.32. The third-order valence-corrected chi connectivity index (χ3v) is 4.95. The molecule has 3 heteroatoms. The maximum Gasteiger partial charge on any atom is 0.264 e. The number of rotatable bonds is 5. The lowest BCUT2D eigenvalue weighted by atomic mass is 9.87. The zero-order valence-corrected chi connectivity index (χ0v) is 18.0. The second-order valence-corrected chi connectivity index (χ2v) is 8.32. The van der Waals surface area contributed by atoms with Crippen LogP contribution in [0.25, 0.3) is 17.2 Å². The predicted octanol–water partition coefficient (Wildman–Crippen LogP) is 6.20. The summed E-state index contributed by atoms with van der Waals surface area (Å²) in [7, 11) is 0. The van der Waals surface area contributed by atoms with E-state index < -0.39 is 0 Å². The number of hydrogen-bond donors (Lipinski definition) is 1. The van der Waals surface area contributed by atoms with Gasteiger partial charge in [-0.15, -0.1) is 0 Å². The lowest BCUT2D eigenvalue weighted by molar-refractivity contribution is -0.116. The molecular weight excluding hydrogens is 368 g/mol. The molecule has 0 bridgehead atoms. The fourth-order valence-corrected chi connectivity index (χ4v) is 3.04. The van der Waals surface area contributed by atoms with E-state index in [-0.39, 0.29) is 11.3 Å². The van der Waals surface area contributed by atoms with Crippen LogP contribution < -0.4 is 5.43 Å². The predicted molar refractivity (Wildman–Crippen MR) is 126 cm³/mol. The number of hydrogen-bond acceptors (Lipinski definition) is 2. The van der Waals surface area contributed by atoms with Crippen molar-refractivity contribution in [3.8, 4) is 11.1 Å². The minimum Gasteiger partial charge on any atom is -0.268 e. The molecule has 0 aromatic heterocycles. The summed E-state index contributed by atoms with van der Waals surface area (Å²) in [5, 5.41) is 4.22. The summed E-state index contributed by atoms with van der Waals surface area (Å²) in [5.74, 6) is -0.254. The van der Waals surface area contributed by atoms with Gasteiger partial charge in [-0.25, -0.2) is 5.43 Å². The molecule has 0 saturated heterocycles. The molecule has 0 atom stereocenters. The molecule has 0 unspecified atom stereocenters. The van der Waals surface area contributed by atoms with Crippen LogP contribution in [0, 0.1) is 0 Å². The van der Waals surface area contributed by atoms with Crippen molar-refractivity contribution in [2.45, 2.75) is 33.1 Å². The Hall–Kier alpha value is -3.46. The molecule has 0 spiro atoms. The highest BCUT2D eigenvalue weighted by Crippen LogP contribution is 2.22. The van der Waals surface area contributed by atoms with Gasteiger partial charge in [-0.2, -0.15) is 5.10 Å². The third kappa shape index (κ3) is 5.77. The van der Waals surface area contributed by atoms with Gasteiger partial charge in [0.2, 0.25) is 0 Å². The molecule has 1 amide bonds. The van der Waals surface area contributed by atoms with Crippen molar-refractivity contribution >= 4 is 17.7 Å². The number of carbonyl (C=O) groups excluding carboxylic acids is 1. The molecule has 30 heavy (non-hydrogen) atoms. The molecule has 0 saturated carbocycles. The monoisotopic (exact) mass is 396 g/mol. The Morgan fingerprint density at radius 1 is 0.833 bits per heavy atom. The fraction of sp³-hybridized carbons (Fsp3) is 0.185. The van der Waals surface area contributed by atoms with Gasteiger partial charge >= 0.3 is 0 Å². The molecule has 0 aliphatic carbocycles. The first kappa shape index (κ1) is 21.3. The Morgan fingerprint density at radius 3 is 2.03 bits per heavy atom. The maximum atomic E-state index is 12.1. The molecule has 1 N–H and O–H groups in total. The quantitative estimate of drug-likeness (QED) is 0.311. The van der Waals surface area contributed by atoms with Crippen LogP contribution in [0.1, 0.15) is 44.4 Å². The molecule has 3 aromatic rings. The fourth-order valence-electron chi connectivity index (χ4n) is 3.04. The summed E-state index contributed by atoms with van der Waals surface area (Å²) >= 11 is 0. The van der Waals surface area contributed by atoms with E-state index in [4.69, 9.17) is 0 Å². The summed E-state index contributed by atoms with van der Waals surface area (Å²) in [6, 6.07) is 26.6. The van der Waals surface area contributed by atoms with Crippen LogP contribution >= 0.6 is 0 Å². The number of hydrazone groups is 1. The van der Waals surface area contributed by atoms with Gasteiger partial charge in [-0.3, -0.25) is 4.79 Å². The van der Waals surface area contributed by atoms with Gasteiger partial charge in [0.25, 0.3) is 5.91 Å². The molecule has 0 fully saturated rings. The van der Waals surface area contributed by atoms with E-state index in [9.17, 15) is 4.79 Å². The molecule has 152 valence electrons. The normalized spacial score (nSPS) is 12.2. The molecule has 0 heterocycles. The maximum absolute atomic E-state index is 12.1. The smallest absolute Gasteiger partial charge is 0.264 e. The summed E-state index contributed by atoms with van der Waals surface area (Å²) in [6.07, 6.45) is 3.29. The van der Waals surface area contributed by atoms with Crippen LogP contribution in [0.3, 0.4) is 0 Å². The lowest BCUT2D eigenvalue weighted by Gasteiger charge is -2.18. The first-order chi connectivity index (χ1) is 14.3. The first-order valence-electron chi connectivity index (χ1n) is 10.1. The summed E-state index contributed by atoms with van der Waals surface area (Å²) in [5.41, 5.74) is 9.01. The number of nitrogens with zero attached hydrogens (tertiary/aromatic N) is 1. The zero-order valence-electron chi connectivity index (χ0n) is 18.0. The highest BCUT2D eigenvalue weighted by molar-refractivity contribution is 6.00. The molecular formula is C27H28N2O. The minimum absolute atomic E-state index is 0.116. The van der Waals surface area contributed by atoms with Crippen LogP contribution in [0.15, 0.2) is 90.0 Å². The minimum atomic E-state index is -0.254. The van der Waals surface area contributed by atoms with Crippen LogP contribution in [0.5, 0.6) is 0 Å². The Bertz CT molecular complexity index is 1040. The van der Waals surface area contributed by atoms with Gasteiger partial charge in [0, 0.05) is 6.08 Å². The van der Waals surface area contributed by atoms with Crippen LogP contribution in [0.2, 0.25) is 0 Å². The molecule has 3 aromatic carbocycles. The van der Waals surface area contributed by atoms with Crippen LogP contribution in [-0.2, 0) is 10.2 Å². The summed E-state index contributed by atoms with van der Waals surface area (Å²) in [6.45, 7) is 8.43. The second kappa shape index (κ2) is 9.36. The summed E-state index contributed by atoms with van der Waals surface area (Å²) < 4.78 is 0. The lowest BCUT2D eigenvalue weighted by Crippen LogP contribution is -2.16. The van der Waals surface area contributed by atoms with E-state index in [0.29, 0.717) is 0 Å². The van der Waals surface area contributed by atoms with Gasteiger partial charge in [0.1, 0.15) is 0 Å².